The van der Waals surface area contributed by atoms with E-state index in [9.17, 15) is 8.42 Å². The molecule has 0 saturated heterocycles. The van der Waals surface area contributed by atoms with Crippen molar-refractivity contribution in [3.8, 4) is 0 Å². The van der Waals surface area contributed by atoms with Gasteiger partial charge in [0.25, 0.3) is 0 Å². The lowest BCUT2D eigenvalue weighted by Gasteiger charge is -2.08. The third-order valence-electron chi connectivity index (χ3n) is 2.90. The number of sulfone groups is 1. The average Bonchev–Trinajstić information content (AvgIpc) is 2.55. The lowest BCUT2D eigenvalue weighted by Crippen LogP contribution is -2.11. The number of nitrogens with two attached hydrogens (primary N) is 1. The predicted octanol–water partition coefficient (Wildman–Crippen LogP) is 2.81. The fraction of sp³-hybridized carbons (Fsp3) is 0.250. The second-order valence-corrected chi connectivity index (χ2v) is 8.08. The first-order valence-corrected chi connectivity index (χ1v) is 8.92. The number of rotatable bonds is 3. The fourth-order valence-electron chi connectivity index (χ4n) is 1.90. The predicted molar refractivity (Wildman–Crippen MR) is 85.1 cm³/mol. The topological polar surface area (TPSA) is 78.0 Å². The summed E-state index contributed by atoms with van der Waals surface area (Å²) in [5.74, 6) is -0.156. The molecule has 2 rings (SSSR count). The van der Waals surface area contributed by atoms with Gasteiger partial charge < -0.3 is 5.73 Å². The largest absolute Gasteiger partial charge is 0.398 e. The van der Waals surface area contributed by atoms with E-state index in [0.717, 1.165) is 10.2 Å². The van der Waals surface area contributed by atoms with Crippen LogP contribution >= 0.6 is 31.9 Å². The minimum atomic E-state index is -3.53. The minimum absolute atomic E-state index is 0.131. The molecule has 1 heterocycles. The molecule has 2 aromatic rings. The molecule has 1 aromatic heterocycles. The van der Waals surface area contributed by atoms with Gasteiger partial charge in [-0.25, -0.2) is 8.42 Å². The van der Waals surface area contributed by atoms with E-state index in [-0.39, 0.29) is 16.3 Å². The summed E-state index contributed by atoms with van der Waals surface area (Å²) in [5, 5.41) is 4.19. The highest BCUT2D eigenvalue weighted by Gasteiger charge is 2.23. The monoisotopic (exact) mass is 421 g/mol. The zero-order valence-electron chi connectivity index (χ0n) is 10.9. The van der Waals surface area contributed by atoms with E-state index < -0.39 is 9.84 Å². The van der Waals surface area contributed by atoms with Gasteiger partial charge in [-0.3, -0.25) is 4.68 Å². The summed E-state index contributed by atoms with van der Waals surface area (Å²) in [5.41, 5.74) is 7.38. The average molecular weight is 423 g/mol. The summed E-state index contributed by atoms with van der Waals surface area (Å²) >= 11 is 6.63. The quantitative estimate of drug-likeness (QED) is 0.771. The summed E-state index contributed by atoms with van der Waals surface area (Å²) in [6.45, 7) is 1.81. The zero-order chi connectivity index (χ0) is 15.1. The Hall–Kier alpha value is -0.860. The molecule has 20 heavy (non-hydrogen) atoms. The molecule has 2 N–H and O–H groups in total. The third-order valence-corrected chi connectivity index (χ3v) is 6.12. The molecule has 0 unspecified atom stereocenters. The van der Waals surface area contributed by atoms with Gasteiger partial charge in [0.15, 0.2) is 9.84 Å². The second-order valence-electron chi connectivity index (χ2n) is 4.41. The number of aryl methyl sites for hydroxylation is 2. The van der Waals surface area contributed by atoms with Crippen LogP contribution in [-0.4, -0.2) is 18.2 Å². The van der Waals surface area contributed by atoms with Crippen molar-refractivity contribution >= 4 is 47.4 Å². The molecule has 0 aliphatic rings. The molecule has 0 fully saturated rings. The van der Waals surface area contributed by atoms with Crippen LogP contribution in [0.5, 0.6) is 0 Å². The normalized spacial score (nSPS) is 11.8. The van der Waals surface area contributed by atoms with E-state index in [1.807, 2.05) is 6.92 Å². The van der Waals surface area contributed by atoms with E-state index >= 15 is 0 Å². The SMILES string of the molecule is Cc1nn(C)c(CS(=O)(=O)c2ccc(Br)cc2N)c1Br. The van der Waals surface area contributed by atoms with Gasteiger partial charge in [-0.15, -0.1) is 0 Å². The Balaban J connectivity index is 2.46. The van der Waals surface area contributed by atoms with Crippen LogP contribution in [-0.2, 0) is 22.6 Å². The van der Waals surface area contributed by atoms with E-state index in [1.165, 1.54) is 6.07 Å². The van der Waals surface area contributed by atoms with Crippen LogP contribution in [0.3, 0.4) is 0 Å². The van der Waals surface area contributed by atoms with Crippen LogP contribution in [0.2, 0.25) is 0 Å². The van der Waals surface area contributed by atoms with Crippen LogP contribution < -0.4 is 5.73 Å². The first-order valence-electron chi connectivity index (χ1n) is 5.68. The van der Waals surface area contributed by atoms with Crippen LogP contribution in [0.25, 0.3) is 0 Å². The van der Waals surface area contributed by atoms with Crippen molar-refractivity contribution in [2.24, 2.45) is 7.05 Å². The molecule has 108 valence electrons. The zero-order valence-corrected chi connectivity index (χ0v) is 14.9. The number of benzene rings is 1. The van der Waals surface area contributed by atoms with E-state index in [1.54, 1.807) is 23.9 Å². The molecule has 5 nitrogen and oxygen atoms in total. The van der Waals surface area contributed by atoms with Gasteiger partial charge in [-0.05, 0) is 41.1 Å². The maximum atomic E-state index is 12.5. The Morgan fingerprint density at radius 1 is 1.35 bits per heavy atom. The van der Waals surface area contributed by atoms with Crippen molar-refractivity contribution in [3.63, 3.8) is 0 Å². The maximum Gasteiger partial charge on any atom is 0.186 e. The van der Waals surface area contributed by atoms with Gasteiger partial charge in [0.2, 0.25) is 0 Å². The van der Waals surface area contributed by atoms with Crippen LogP contribution in [0, 0.1) is 6.92 Å². The molecular weight excluding hydrogens is 410 g/mol. The molecule has 0 atom stereocenters. The van der Waals surface area contributed by atoms with Crippen molar-refractivity contribution in [1.29, 1.82) is 0 Å². The van der Waals surface area contributed by atoms with Crippen molar-refractivity contribution in [1.82, 2.24) is 9.78 Å². The molecule has 0 spiro atoms. The lowest BCUT2D eigenvalue weighted by molar-refractivity contribution is 0.592. The number of aromatic nitrogens is 2. The van der Waals surface area contributed by atoms with Gasteiger partial charge in [0.1, 0.15) is 0 Å². The Morgan fingerprint density at radius 2 is 2.00 bits per heavy atom. The van der Waals surface area contributed by atoms with E-state index in [2.05, 4.69) is 37.0 Å². The Morgan fingerprint density at radius 3 is 2.50 bits per heavy atom. The van der Waals surface area contributed by atoms with Crippen molar-refractivity contribution < 1.29 is 8.42 Å². The molecule has 8 heteroatoms. The first-order chi connectivity index (χ1) is 9.22. The van der Waals surface area contributed by atoms with Gasteiger partial charge in [0, 0.05) is 11.5 Å². The van der Waals surface area contributed by atoms with Gasteiger partial charge >= 0.3 is 0 Å². The summed E-state index contributed by atoms with van der Waals surface area (Å²) in [7, 11) is -1.81. The molecule has 0 bridgehead atoms. The van der Waals surface area contributed by atoms with Gasteiger partial charge in [-0.2, -0.15) is 5.10 Å². The van der Waals surface area contributed by atoms with Crippen molar-refractivity contribution in [2.75, 3.05) is 5.73 Å². The van der Waals surface area contributed by atoms with Gasteiger partial charge in [0.05, 0.1) is 32.2 Å². The van der Waals surface area contributed by atoms with E-state index in [0.29, 0.717) is 10.2 Å². The standard InChI is InChI=1S/C12H13Br2N3O2S/c1-7-12(14)10(17(2)16-7)6-20(18,19)11-4-3-8(13)5-9(11)15/h3-5H,6,15H2,1-2H3. The number of nitrogens with zero attached hydrogens (tertiary/aromatic N) is 2. The lowest BCUT2D eigenvalue weighted by atomic mass is 10.3. The first kappa shape index (κ1) is 15.5. The molecular formula is C12H13Br2N3O2S. The Bertz CT molecular complexity index is 769. The minimum Gasteiger partial charge on any atom is -0.398 e. The molecule has 0 aliphatic heterocycles. The maximum absolute atomic E-state index is 12.5. The number of anilines is 1. The fourth-order valence-corrected chi connectivity index (χ4v) is 4.48. The number of hydrogen-bond donors (Lipinski definition) is 1. The highest BCUT2D eigenvalue weighted by molar-refractivity contribution is 9.10. The summed E-state index contributed by atoms with van der Waals surface area (Å²) in [4.78, 5) is 0.131. The Kier molecular flexibility index (Phi) is 4.27. The number of nitrogen functional groups attached to an aromatic ring is 1. The Labute approximate surface area is 134 Å². The second kappa shape index (κ2) is 5.50. The summed E-state index contributed by atoms with van der Waals surface area (Å²) in [6, 6.07) is 4.75. The van der Waals surface area contributed by atoms with E-state index in [4.69, 9.17) is 5.73 Å². The molecule has 1 aromatic carbocycles. The van der Waals surface area contributed by atoms with Crippen molar-refractivity contribution in [3.05, 3.63) is 38.5 Å². The highest BCUT2D eigenvalue weighted by atomic mass is 79.9. The van der Waals surface area contributed by atoms with Crippen LogP contribution in [0.4, 0.5) is 5.69 Å². The van der Waals surface area contributed by atoms with Gasteiger partial charge in [-0.1, -0.05) is 15.9 Å². The highest BCUT2D eigenvalue weighted by Crippen LogP contribution is 2.28. The summed E-state index contributed by atoms with van der Waals surface area (Å²) in [6.07, 6.45) is 0. The number of halogens is 2. The summed E-state index contributed by atoms with van der Waals surface area (Å²) < 4.78 is 28.0. The molecule has 0 saturated carbocycles. The van der Waals surface area contributed by atoms with Crippen molar-refractivity contribution in [2.45, 2.75) is 17.6 Å². The molecule has 0 amide bonds. The molecule has 0 radical (unpaired) electrons. The van der Waals surface area contributed by atoms with Crippen LogP contribution in [0.1, 0.15) is 11.4 Å². The molecule has 0 aliphatic carbocycles. The third kappa shape index (κ3) is 2.91. The smallest absolute Gasteiger partial charge is 0.186 e. The van der Waals surface area contributed by atoms with Crippen LogP contribution in [0.15, 0.2) is 32.0 Å². The number of hydrogen-bond acceptors (Lipinski definition) is 4.